The summed E-state index contributed by atoms with van der Waals surface area (Å²) in [6.07, 6.45) is 2.81. The topological polar surface area (TPSA) is 105 Å². The zero-order valence-electron chi connectivity index (χ0n) is 25.8. The van der Waals surface area contributed by atoms with Crippen LogP contribution in [-0.4, -0.2) is 42.1 Å². The van der Waals surface area contributed by atoms with Crippen molar-refractivity contribution in [3.63, 3.8) is 0 Å². The monoisotopic (exact) mass is 608 g/mol. The molecule has 8 heteroatoms. The Morgan fingerprint density at radius 1 is 0.867 bits per heavy atom. The standard InChI is InChI=1S/C37H40N2O6/c1-3-12-35(40)39(33-17-9-7-13-27(33)2)25-11-26-44-30-22-19-28(20-23-30)21-24-32(36(41)42)38-31-16-8-10-18-34(31)45-37(43)29-14-5-4-6-15-29/h4-10,13-20,22-23,32,38H,3,11-12,21,24-26H2,1-2H3,(H,41,42). The van der Waals surface area contributed by atoms with Crippen LogP contribution in [0.1, 0.15) is 54.1 Å². The van der Waals surface area contributed by atoms with E-state index in [1.54, 1.807) is 48.5 Å². The summed E-state index contributed by atoms with van der Waals surface area (Å²) in [5.74, 6) is -0.440. The van der Waals surface area contributed by atoms with E-state index in [0.717, 1.165) is 23.2 Å². The Morgan fingerprint density at radius 3 is 2.27 bits per heavy atom. The van der Waals surface area contributed by atoms with E-state index >= 15 is 0 Å². The second kappa shape index (κ2) is 16.7. The molecule has 0 bridgehead atoms. The summed E-state index contributed by atoms with van der Waals surface area (Å²) in [6, 6.07) is 30.0. The number of anilines is 2. The number of hydrogen-bond donors (Lipinski definition) is 2. The van der Waals surface area contributed by atoms with Crippen LogP contribution in [0.15, 0.2) is 103 Å². The zero-order valence-corrected chi connectivity index (χ0v) is 25.8. The highest BCUT2D eigenvalue weighted by Gasteiger charge is 2.20. The summed E-state index contributed by atoms with van der Waals surface area (Å²) < 4.78 is 11.5. The van der Waals surface area contributed by atoms with Crippen molar-refractivity contribution < 1.29 is 29.0 Å². The molecular weight excluding hydrogens is 568 g/mol. The first-order chi connectivity index (χ1) is 21.9. The van der Waals surface area contributed by atoms with Gasteiger partial charge >= 0.3 is 11.9 Å². The largest absolute Gasteiger partial charge is 0.494 e. The molecule has 0 saturated heterocycles. The fourth-order valence-corrected chi connectivity index (χ4v) is 4.92. The maximum Gasteiger partial charge on any atom is 0.343 e. The van der Waals surface area contributed by atoms with Gasteiger partial charge in [-0.1, -0.05) is 67.6 Å². The molecule has 2 N–H and O–H groups in total. The van der Waals surface area contributed by atoms with Gasteiger partial charge in [-0.2, -0.15) is 0 Å². The van der Waals surface area contributed by atoms with Crippen LogP contribution in [-0.2, 0) is 16.0 Å². The number of esters is 1. The summed E-state index contributed by atoms with van der Waals surface area (Å²) in [5.41, 5.74) is 3.80. The van der Waals surface area contributed by atoms with E-state index in [1.165, 1.54) is 0 Å². The highest BCUT2D eigenvalue weighted by Crippen LogP contribution is 2.27. The number of rotatable bonds is 16. The molecule has 0 aromatic heterocycles. The summed E-state index contributed by atoms with van der Waals surface area (Å²) in [5, 5.41) is 12.9. The van der Waals surface area contributed by atoms with Gasteiger partial charge in [-0.15, -0.1) is 0 Å². The molecule has 0 aliphatic heterocycles. The molecule has 0 aliphatic carbocycles. The normalized spacial score (nSPS) is 11.3. The molecule has 0 heterocycles. The number of carboxylic acids is 1. The Labute approximate surface area is 264 Å². The smallest absolute Gasteiger partial charge is 0.343 e. The van der Waals surface area contributed by atoms with Gasteiger partial charge in [0.05, 0.1) is 17.9 Å². The highest BCUT2D eigenvalue weighted by molar-refractivity contribution is 5.94. The number of amides is 1. The molecule has 0 spiro atoms. The Kier molecular flexibility index (Phi) is 12.1. The molecule has 4 rings (SSSR count). The molecule has 4 aromatic carbocycles. The number of nitrogens with one attached hydrogen (secondary N) is 1. The van der Waals surface area contributed by atoms with Crippen molar-refractivity contribution in [2.24, 2.45) is 0 Å². The molecule has 234 valence electrons. The third-order valence-corrected chi connectivity index (χ3v) is 7.34. The minimum Gasteiger partial charge on any atom is -0.494 e. The number of benzene rings is 4. The lowest BCUT2D eigenvalue weighted by atomic mass is 10.0. The van der Waals surface area contributed by atoms with Crippen LogP contribution < -0.4 is 19.7 Å². The van der Waals surface area contributed by atoms with Crippen LogP contribution in [0.25, 0.3) is 0 Å². The van der Waals surface area contributed by atoms with Gasteiger partial charge in [-0.05, 0) is 86.2 Å². The lowest BCUT2D eigenvalue weighted by molar-refractivity contribution is -0.138. The fraction of sp³-hybridized carbons (Fsp3) is 0.270. The quantitative estimate of drug-likeness (QED) is 0.0780. The number of carbonyl (C=O) groups is 3. The predicted molar refractivity (Wildman–Crippen MR) is 176 cm³/mol. The number of para-hydroxylation sites is 3. The van der Waals surface area contributed by atoms with Gasteiger partial charge in [-0.25, -0.2) is 9.59 Å². The zero-order chi connectivity index (χ0) is 32.0. The lowest BCUT2D eigenvalue weighted by Gasteiger charge is -2.24. The SMILES string of the molecule is CCCC(=O)N(CCCOc1ccc(CCC(Nc2ccccc2OC(=O)c2ccccc2)C(=O)O)cc1)c1ccccc1C. The number of nitrogens with zero attached hydrogens (tertiary/aromatic N) is 1. The molecule has 8 nitrogen and oxygen atoms in total. The van der Waals surface area contributed by atoms with E-state index in [1.807, 2.05) is 73.3 Å². The van der Waals surface area contributed by atoms with Gasteiger partial charge in [-0.3, -0.25) is 4.79 Å². The van der Waals surface area contributed by atoms with E-state index in [-0.39, 0.29) is 11.7 Å². The summed E-state index contributed by atoms with van der Waals surface area (Å²) in [6.45, 7) is 5.04. The highest BCUT2D eigenvalue weighted by atomic mass is 16.5. The Morgan fingerprint density at radius 2 is 1.56 bits per heavy atom. The van der Waals surface area contributed by atoms with Gasteiger partial charge < -0.3 is 24.8 Å². The summed E-state index contributed by atoms with van der Waals surface area (Å²) in [4.78, 5) is 39.3. The molecule has 45 heavy (non-hydrogen) atoms. The maximum absolute atomic E-state index is 12.8. The number of carboxylic acid groups (broad SMARTS) is 1. The van der Waals surface area contributed by atoms with Crippen LogP contribution in [0.3, 0.4) is 0 Å². The average Bonchev–Trinajstić information content (AvgIpc) is 3.05. The molecule has 1 unspecified atom stereocenters. The minimum absolute atomic E-state index is 0.113. The van der Waals surface area contributed by atoms with Crippen LogP contribution in [0.4, 0.5) is 11.4 Å². The number of carbonyl (C=O) groups excluding carboxylic acids is 2. The average molecular weight is 609 g/mol. The van der Waals surface area contributed by atoms with Crippen molar-refractivity contribution in [1.29, 1.82) is 0 Å². The van der Waals surface area contributed by atoms with Crippen molar-refractivity contribution in [2.45, 2.75) is 52.0 Å². The van der Waals surface area contributed by atoms with Gasteiger partial charge in [0.25, 0.3) is 0 Å². The molecule has 0 aliphatic rings. The van der Waals surface area contributed by atoms with E-state index < -0.39 is 18.0 Å². The van der Waals surface area contributed by atoms with Crippen molar-refractivity contribution in [2.75, 3.05) is 23.4 Å². The van der Waals surface area contributed by atoms with Crippen molar-refractivity contribution >= 4 is 29.2 Å². The predicted octanol–water partition coefficient (Wildman–Crippen LogP) is 7.31. The second-order valence-electron chi connectivity index (χ2n) is 10.8. The molecule has 0 radical (unpaired) electrons. The molecule has 1 amide bonds. The Hall–Kier alpha value is -5.11. The van der Waals surface area contributed by atoms with Crippen LogP contribution in [0.2, 0.25) is 0 Å². The van der Waals surface area contributed by atoms with Crippen LogP contribution in [0, 0.1) is 6.92 Å². The first-order valence-corrected chi connectivity index (χ1v) is 15.3. The van der Waals surface area contributed by atoms with Crippen LogP contribution in [0.5, 0.6) is 11.5 Å². The molecule has 1 atom stereocenters. The first kappa shape index (κ1) is 32.8. The molecule has 0 fully saturated rings. The first-order valence-electron chi connectivity index (χ1n) is 15.3. The lowest BCUT2D eigenvalue weighted by Crippen LogP contribution is -2.33. The van der Waals surface area contributed by atoms with Crippen LogP contribution >= 0.6 is 0 Å². The third-order valence-electron chi connectivity index (χ3n) is 7.34. The van der Waals surface area contributed by atoms with Gasteiger partial charge in [0.2, 0.25) is 5.91 Å². The number of aliphatic carboxylic acids is 1. The number of aryl methyl sites for hydroxylation is 2. The van der Waals surface area contributed by atoms with Gasteiger partial charge in [0, 0.05) is 18.7 Å². The van der Waals surface area contributed by atoms with E-state index in [0.29, 0.717) is 55.8 Å². The maximum atomic E-state index is 12.8. The van der Waals surface area contributed by atoms with Gasteiger partial charge in [0.1, 0.15) is 11.8 Å². The molecule has 0 saturated carbocycles. The Balaban J connectivity index is 1.28. The van der Waals surface area contributed by atoms with Crippen molar-refractivity contribution in [1.82, 2.24) is 0 Å². The number of ether oxygens (including phenoxy) is 2. The van der Waals surface area contributed by atoms with E-state index in [2.05, 4.69) is 5.32 Å². The van der Waals surface area contributed by atoms with Crippen molar-refractivity contribution in [3.8, 4) is 11.5 Å². The summed E-state index contributed by atoms with van der Waals surface area (Å²) >= 11 is 0. The molecular formula is C37H40N2O6. The Bertz CT molecular complexity index is 1550. The van der Waals surface area contributed by atoms with E-state index in [4.69, 9.17) is 9.47 Å². The van der Waals surface area contributed by atoms with Gasteiger partial charge in [0.15, 0.2) is 5.75 Å². The van der Waals surface area contributed by atoms with E-state index in [9.17, 15) is 19.5 Å². The summed E-state index contributed by atoms with van der Waals surface area (Å²) in [7, 11) is 0. The third kappa shape index (κ3) is 9.69. The molecule has 4 aromatic rings. The fourth-order valence-electron chi connectivity index (χ4n) is 4.92. The number of hydrogen-bond acceptors (Lipinski definition) is 6. The van der Waals surface area contributed by atoms with Crippen molar-refractivity contribution in [3.05, 3.63) is 120 Å². The minimum atomic E-state index is -1.00. The second-order valence-corrected chi connectivity index (χ2v) is 10.8.